The first kappa shape index (κ1) is 19.6. The van der Waals surface area contributed by atoms with Crippen LogP contribution in [0.2, 0.25) is 0 Å². The van der Waals surface area contributed by atoms with Crippen molar-refractivity contribution in [3.8, 4) is 11.4 Å². The van der Waals surface area contributed by atoms with Gasteiger partial charge in [-0.25, -0.2) is 9.97 Å². The summed E-state index contributed by atoms with van der Waals surface area (Å²) in [5.74, 6) is 1.01. The third-order valence-electron chi connectivity index (χ3n) is 6.82. The van der Waals surface area contributed by atoms with Gasteiger partial charge in [0.1, 0.15) is 0 Å². The standard InChI is InChI=1S/C23H30N6O/c30-22(29-13-11-28(12-14-29)20-3-1-2-4-20)17-27-10-7-21-19(16-27)15-25-23(26-21)18-5-8-24-9-6-18/h5-6,8-9,15,20H,1-4,7,10-14,16-17H2. The second-order valence-corrected chi connectivity index (χ2v) is 8.72. The lowest BCUT2D eigenvalue weighted by atomic mass is 10.1. The summed E-state index contributed by atoms with van der Waals surface area (Å²) >= 11 is 0. The number of fused-ring (bicyclic) bond motifs is 1. The number of pyridine rings is 1. The van der Waals surface area contributed by atoms with E-state index in [1.807, 2.05) is 18.3 Å². The number of amides is 1. The van der Waals surface area contributed by atoms with Gasteiger partial charge in [0.15, 0.2) is 5.82 Å². The molecule has 1 saturated heterocycles. The Hall–Kier alpha value is -2.38. The van der Waals surface area contributed by atoms with Gasteiger partial charge in [0, 0.05) is 81.4 Å². The molecule has 2 aliphatic heterocycles. The Kier molecular flexibility index (Phi) is 5.73. The van der Waals surface area contributed by atoms with Crippen molar-refractivity contribution in [2.24, 2.45) is 0 Å². The maximum Gasteiger partial charge on any atom is 0.236 e. The van der Waals surface area contributed by atoms with Crippen LogP contribution in [0.5, 0.6) is 0 Å². The highest BCUT2D eigenvalue weighted by Gasteiger charge is 2.29. The molecule has 2 fully saturated rings. The molecule has 1 amide bonds. The molecule has 1 aliphatic carbocycles. The van der Waals surface area contributed by atoms with Crippen molar-refractivity contribution in [2.45, 2.75) is 44.7 Å². The van der Waals surface area contributed by atoms with Crippen LogP contribution in [0.25, 0.3) is 11.4 Å². The molecule has 2 aromatic heterocycles. The van der Waals surface area contributed by atoms with Crippen molar-refractivity contribution in [2.75, 3.05) is 39.3 Å². The number of nitrogens with zero attached hydrogens (tertiary/aromatic N) is 6. The molecule has 7 nitrogen and oxygen atoms in total. The van der Waals surface area contributed by atoms with Crippen molar-refractivity contribution in [1.29, 1.82) is 0 Å². The van der Waals surface area contributed by atoms with Crippen molar-refractivity contribution in [3.05, 3.63) is 42.0 Å². The molecule has 0 aromatic carbocycles. The summed E-state index contributed by atoms with van der Waals surface area (Å²) in [7, 11) is 0. The van der Waals surface area contributed by atoms with E-state index in [4.69, 9.17) is 4.98 Å². The van der Waals surface area contributed by atoms with Crippen LogP contribution in [0.3, 0.4) is 0 Å². The van der Waals surface area contributed by atoms with Gasteiger partial charge < -0.3 is 4.90 Å². The number of aromatic nitrogens is 3. The van der Waals surface area contributed by atoms with E-state index in [-0.39, 0.29) is 5.91 Å². The highest BCUT2D eigenvalue weighted by atomic mass is 16.2. The third-order valence-corrected chi connectivity index (χ3v) is 6.82. The van der Waals surface area contributed by atoms with Gasteiger partial charge in [0.2, 0.25) is 5.91 Å². The Morgan fingerprint density at radius 1 is 1.03 bits per heavy atom. The van der Waals surface area contributed by atoms with E-state index in [1.54, 1.807) is 12.4 Å². The molecule has 0 unspecified atom stereocenters. The summed E-state index contributed by atoms with van der Waals surface area (Å²) in [6.45, 7) is 5.92. The van der Waals surface area contributed by atoms with Crippen LogP contribution in [0.15, 0.2) is 30.7 Å². The van der Waals surface area contributed by atoms with Crippen LogP contribution in [0, 0.1) is 0 Å². The Labute approximate surface area is 178 Å². The fourth-order valence-electron chi connectivity index (χ4n) is 5.05. The third kappa shape index (κ3) is 4.23. The molecule has 0 radical (unpaired) electrons. The van der Waals surface area contributed by atoms with Crippen molar-refractivity contribution < 1.29 is 4.79 Å². The maximum absolute atomic E-state index is 12.9. The molecule has 1 saturated carbocycles. The maximum atomic E-state index is 12.9. The van der Waals surface area contributed by atoms with Gasteiger partial charge in [-0.2, -0.15) is 0 Å². The Balaban J connectivity index is 1.15. The van der Waals surface area contributed by atoms with Gasteiger partial charge in [-0.3, -0.25) is 19.6 Å². The van der Waals surface area contributed by atoms with E-state index in [2.05, 4.69) is 24.7 Å². The van der Waals surface area contributed by atoms with Crippen LogP contribution in [0.4, 0.5) is 0 Å². The molecule has 7 heteroatoms. The zero-order chi connectivity index (χ0) is 20.3. The smallest absolute Gasteiger partial charge is 0.236 e. The summed E-state index contributed by atoms with van der Waals surface area (Å²) < 4.78 is 0. The summed E-state index contributed by atoms with van der Waals surface area (Å²) in [6, 6.07) is 4.63. The van der Waals surface area contributed by atoms with Crippen molar-refractivity contribution in [3.63, 3.8) is 0 Å². The Morgan fingerprint density at radius 3 is 2.57 bits per heavy atom. The van der Waals surface area contributed by atoms with Crippen LogP contribution in [0.1, 0.15) is 36.9 Å². The van der Waals surface area contributed by atoms with Crippen LogP contribution < -0.4 is 0 Å². The zero-order valence-corrected chi connectivity index (χ0v) is 17.5. The molecule has 3 aliphatic rings. The number of piperazine rings is 1. The molecule has 4 heterocycles. The topological polar surface area (TPSA) is 65.5 Å². The minimum atomic E-state index is 0.263. The minimum Gasteiger partial charge on any atom is -0.339 e. The van der Waals surface area contributed by atoms with Gasteiger partial charge in [0.05, 0.1) is 12.2 Å². The summed E-state index contributed by atoms with van der Waals surface area (Å²) in [5.41, 5.74) is 3.23. The van der Waals surface area contributed by atoms with Crippen LogP contribution >= 0.6 is 0 Å². The second-order valence-electron chi connectivity index (χ2n) is 8.72. The van der Waals surface area contributed by atoms with Gasteiger partial charge in [-0.15, -0.1) is 0 Å². The molecule has 158 valence electrons. The average molecular weight is 407 g/mol. The second kappa shape index (κ2) is 8.78. The summed E-state index contributed by atoms with van der Waals surface area (Å²) in [6.07, 6.45) is 11.7. The monoisotopic (exact) mass is 406 g/mol. The normalized spacial score (nSPS) is 21.0. The number of hydrogen-bond donors (Lipinski definition) is 0. The molecule has 30 heavy (non-hydrogen) atoms. The Bertz CT molecular complexity index is 875. The molecule has 0 bridgehead atoms. The molecule has 0 N–H and O–H groups in total. The Morgan fingerprint density at radius 2 is 1.80 bits per heavy atom. The lowest BCUT2D eigenvalue weighted by Crippen LogP contribution is -2.53. The number of rotatable bonds is 4. The van der Waals surface area contributed by atoms with Crippen molar-refractivity contribution >= 4 is 5.91 Å². The average Bonchev–Trinajstić information content (AvgIpc) is 3.34. The van der Waals surface area contributed by atoms with E-state index < -0.39 is 0 Å². The van der Waals surface area contributed by atoms with Crippen molar-refractivity contribution in [1.82, 2.24) is 29.7 Å². The lowest BCUT2D eigenvalue weighted by Gasteiger charge is -2.39. The fourth-order valence-corrected chi connectivity index (χ4v) is 5.05. The highest BCUT2D eigenvalue weighted by molar-refractivity contribution is 5.78. The van der Waals surface area contributed by atoms with Gasteiger partial charge in [-0.1, -0.05) is 12.8 Å². The number of carbonyl (C=O) groups is 1. The zero-order valence-electron chi connectivity index (χ0n) is 17.5. The first-order chi connectivity index (χ1) is 14.8. The quantitative estimate of drug-likeness (QED) is 0.774. The van der Waals surface area contributed by atoms with E-state index in [0.717, 1.165) is 74.4 Å². The van der Waals surface area contributed by atoms with Crippen LogP contribution in [-0.2, 0) is 17.8 Å². The minimum absolute atomic E-state index is 0.263. The lowest BCUT2D eigenvalue weighted by molar-refractivity contribution is -0.134. The SMILES string of the molecule is O=C(CN1CCc2nc(-c3ccncc3)ncc2C1)N1CCN(C2CCCC2)CC1. The van der Waals surface area contributed by atoms with E-state index >= 15 is 0 Å². The van der Waals surface area contributed by atoms with E-state index in [0.29, 0.717) is 6.54 Å². The first-order valence-corrected chi connectivity index (χ1v) is 11.3. The van der Waals surface area contributed by atoms with E-state index in [9.17, 15) is 4.79 Å². The predicted octanol–water partition coefficient (Wildman–Crippen LogP) is 1.98. The molecule has 0 spiro atoms. The molecular weight excluding hydrogens is 376 g/mol. The number of hydrogen-bond acceptors (Lipinski definition) is 6. The fraction of sp³-hybridized carbons (Fsp3) is 0.565. The molecular formula is C23H30N6O. The highest BCUT2D eigenvalue weighted by Crippen LogP contribution is 2.25. The molecule has 2 aromatic rings. The van der Waals surface area contributed by atoms with Gasteiger partial charge in [0.25, 0.3) is 0 Å². The van der Waals surface area contributed by atoms with Gasteiger partial charge >= 0.3 is 0 Å². The summed E-state index contributed by atoms with van der Waals surface area (Å²) in [5, 5.41) is 0. The summed E-state index contributed by atoms with van der Waals surface area (Å²) in [4.78, 5) is 33.1. The first-order valence-electron chi connectivity index (χ1n) is 11.3. The predicted molar refractivity (Wildman–Crippen MR) is 115 cm³/mol. The largest absolute Gasteiger partial charge is 0.339 e. The van der Waals surface area contributed by atoms with E-state index in [1.165, 1.54) is 25.7 Å². The van der Waals surface area contributed by atoms with Gasteiger partial charge in [-0.05, 0) is 25.0 Å². The molecule has 5 rings (SSSR count). The molecule has 0 atom stereocenters. The van der Waals surface area contributed by atoms with Crippen LogP contribution in [-0.4, -0.2) is 80.9 Å². The number of carbonyl (C=O) groups excluding carboxylic acids is 1.